The number of nitrogens with one attached hydrogen (secondary N) is 1. The van der Waals surface area contributed by atoms with Crippen molar-refractivity contribution in [3.05, 3.63) is 68.4 Å². The van der Waals surface area contributed by atoms with Crippen LogP contribution in [0.1, 0.15) is 43.4 Å². The maximum atomic E-state index is 13.8. The first kappa shape index (κ1) is 21.7. The zero-order chi connectivity index (χ0) is 23.2. The molecule has 0 spiro atoms. The first-order valence-electron chi connectivity index (χ1n) is 10.1. The van der Waals surface area contributed by atoms with Crippen molar-refractivity contribution in [3.63, 3.8) is 0 Å². The summed E-state index contributed by atoms with van der Waals surface area (Å²) in [5, 5.41) is 12.1. The van der Waals surface area contributed by atoms with Crippen LogP contribution in [0.4, 0.5) is 13.2 Å². The number of hydrogen-bond acceptors (Lipinski definition) is 6. The number of hydrogen-bond donors (Lipinski definition) is 1. The maximum absolute atomic E-state index is 13.8. The fourth-order valence-corrected chi connectivity index (χ4v) is 4.00. The van der Waals surface area contributed by atoms with Gasteiger partial charge >= 0.3 is 12.1 Å². The number of dihydropyridines is 1. The van der Waals surface area contributed by atoms with E-state index in [1.807, 2.05) is 0 Å². The van der Waals surface area contributed by atoms with E-state index in [2.05, 4.69) is 5.32 Å². The fourth-order valence-electron chi connectivity index (χ4n) is 4.00. The Morgan fingerprint density at radius 1 is 1.28 bits per heavy atom. The smallest absolute Gasteiger partial charge is 0.432 e. The number of aryl methyl sites for hydroxylation is 1. The van der Waals surface area contributed by atoms with Crippen molar-refractivity contribution >= 4 is 16.9 Å². The maximum Gasteiger partial charge on any atom is 0.432 e. The Morgan fingerprint density at radius 2 is 2.00 bits per heavy atom. The lowest BCUT2D eigenvalue weighted by Gasteiger charge is -2.32. The Morgan fingerprint density at radius 3 is 2.59 bits per heavy atom. The van der Waals surface area contributed by atoms with Gasteiger partial charge < -0.3 is 14.5 Å². The lowest BCUT2D eigenvalue weighted by molar-refractivity contribution is -0.148. The highest BCUT2D eigenvalue weighted by atomic mass is 19.4. The van der Waals surface area contributed by atoms with Gasteiger partial charge in [0.15, 0.2) is 5.43 Å². The van der Waals surface area contributed by atoms with Crippen molar-refractivity contribution in [1.82, 2.24) is 5.32 Å². The van der Waals surface area contributed by atoms with Crippen molar-refractivity contribution in [2.75, 3.05) is 0 Å². The molecule has 1 aliphatic carbocycles. The number of ether oxygens (including phenoxy) is 1. The van der Waals surface area contributed by atoms with Crippen LogP contribution in [0.3, 0.4) is 0 Å². The molecule has 0 amide bonds. The molecule has 1 atom stereocenters. The molecule has 0 bridgehead atoms. The fraction of sp³-hybridized carbons (Fsp3) is 0.348. The molecule has 1 aromatic heterocycles. The van der Waals surface area contributed by atoms with Gasteiger partial charge in [0.1, 0.15) is 23.1 Å². The van der Waals surface area contributed by atoms with E-state index in [-0.39, 0.29) is 45.1 Å². The molecule has 1 saturated carbocycles. The number of para-hydroxylation sites is 1. The summed E-state index contributed by atoms with van der Waals surface area (Å²) in [7, 11) is 0. The van der Waals surface area contributed by atoms with Crippen molar-refractivity contribution in [3.8, 4) is 6.07 Å². The number of nitrogens with zero attached hydrogens (tertiary/aromatic N) is 1. The molecular formula is C23H19F3N2O4. The summed E-state index contributed by atoms with van der Waals surface area (Å²) < 4.78 is 52.6. The summed E-state index contributed by atoms with van der Waals surface area (Å²) >= 11 is 0. The predicted molar refractivity (Wildman–Crippen MR) is 108 cm³/mol. The highest BCUT2D eigenvalue weighted by Gasteiger charge is 2.46. The first-order chi connectivity index (χ1) is 15.1. The number of alkyl halides is 3. The van der Waals surface area contributed by atoms with Crippen LogP contribution < -0.4 is 10.7 Å². The minimum atomic E-state index is -4.87. The highest BCUT2D eigenvalue weighted by molar-refractivity contribution is 5.95. The molecule has 2 heterocycles. The van der Waals surface area contributed by atoms with E-state index in [1.165, 1.54) is 38.1 Å². The third-order valence-electron chi connectivity index (χ3n) is 5.73. The normalized spacial score (nSPS) is 19.4. The Kier molecular flexibility index (Phi) is 5.33. The number of esters is 1. The Hall–Kier alpha value is -3.54. The standard InChI is InChI=1S/C23H19F3N2O4/c1-11-9-17(29)14-7-4-8-15(20(14)31-11)19-16(10-27)21(23(24,25)26)28-12(2)18(19)22(30)32-13-5-3-6-13/h4,7-9,13,19,28H,3,5-6H2,1-2H3. The zero-order valence-electron chi connectivity index (χ0n) is 17.3. The monoisotopic (exact) mass is 444 g/mol. The molecule has 1 N–H and O–H groups in total. The van der Waals surface area contributed by atoms with Gasteiger partial charge in [0.25, 0.3) is 0 Å². The van der Waals surface area contributed by atoms with Gasteiger partial charge in [0.2, 0.25) is 0 Å². The van der Waals surface area contributed by atoms with Gasteiger partial charge in [-0.2, -0.15) is 18.4 Å². The van der Waals surface area contributed by atoms with Crippen molar-refractivity contribution in [1.29, 1.82) is 5.26 Å². The second-order valence-corrected chi connectivity index (χ2v) is 7.90. The van der Waals surface area contributed by atoms with Gasteiger partial charge in [-0.3, -0.25) is 4.79 Å². The van der Waals surface area contributed by atoms with Crippen molar-refractivity contribution < 1.29 is 27.1 Å². The molecule has 9 heteroatoms. The summed E-state index contributed by atoms with van der Waals surface area (Å²) in [6.07, 6.45) is -2.93. The highest BCUT2D eigenvalue weighted by Crippen LogP contribution is 2.44. The van der Waals surface area contributed by atoms with Crippen LogP contribution in [-0.4, -0.2) is 18.2 Å². The van der Waals surface area contributed by atoms with E-state index in [1.54, 1.807) is 6.07 Å². The number of allylic oxidation sites excluding steroid dienone is 3. The van der Waals surface area contributed by atoms with Crippen LogP contribution in [0.5, 0.6) is 0 Å². The number of rotatable bonds is 3. The van der Waals surface area contributed by atoms with Gasteiger partial charge in [-0.05, 0) is 39.2 Å². The average molecular weight is 444 g/mol. The number of fused-ring (bicyclic) bond motifs is 1. The predicted octanol–water partition coefficient (Wildman–Crippen LogP) is 4.50. The Bertz CT molecular complexity index is 1280. The van der Waals surface area contributed by atoms with Crippen molar-refractivity contribution in [2.45, 2.75) is 51.3 Å². The SMILES string of the molecule is CC1=C(C(=O)OC2CCC2)C(c2cccc3c(=O)cc(C)oc23)C(C#N)=C(C(F)(F)F)N1. The van der Waals surface area contributed by atoms with E-state index < -0.39 is 29.3 Å². The molecule has 6 nitrogen and oxygen atoms in total. The second kappa shape index (κ2) is 7.86. The Labute approximate surface area is 181 Å². The first-order valence-corrected chi connectivity index (χ1v) is 10.1. The molecule has 0 saturated heterocycles. The molecule has 1 fully saturated rings. The number of nitriles is 1. The number of carbonyl (C=O) groups is 1. The quantitative estimate of drug-likeness (QED) is 0.701. The molecule has 1 unspecified atom stereocenters. The van der Waals surface area contributed by atoms with Gasteiger partial charge in [-0.15, -0.1) is 0 Å². The van der Waals surface area contributed by atoms with Crippen LogP contribution in [-0.2, 0) is 9.53 Å². The molecule has 166 valence electrons. The Balaban J connectivity index is 1.99. The van der Waals surface area contributed by atoms with Gasteiger partial charge in [0, 0.05) is 17.3 Å². The van der Waals surface area contributed by atoms with E-state index >= 15 is 0 Å². The summed E-state index contributed by atoms with van der Waals surface area (Å²) in [6, 6.07) is 7.31. The minimum absolute atomic E-state index is 0.0282. The molecule has 32 heavy (non-hydrogen) atoms. The number of carbonyl (C=O) groups excluding carboxylic acids is 1. The van der Waals surface area contributed by atoms with E-state index in [0.29, 0.717) is 12.8 Å². The van der Waals surface area contributed by atoms with Crippen LogP contribution in [0.15, 0.2) is 56.0 Å². The lowest BCUT2D eigenvalue weighted by atomic mass is 9.80. The van der Waals surface area contributed by atoms with E-state index in [9.17, 15) is 28.0 Å². The minimum Gasteiger partial charge on any atom is -0.461 e. The van der Waals surface area contributed by atoms with Crippen LogP contribution in [0.25, 0.3) is 11.0 Å². The molecule has 4 rings (SSSR count). The van der Waals surface area contributed by atoms with E-state index in [4.69, 9.17) is 9.15 Å². The molecule has 1 aromatic carbocycles. The molecular weight excluding hydrogens is 425 g/mol. The van der Waals surface area contributed by atoms with Crippen molar-refractivity contribution in [2.24, 2.45) is 0 Å². The lowest BCUT2D eigenvalue weighted by Crippen LogP contribution is -2.37. The third-order valence-corrected chi connectivity index (χ3v) is 5.73. The molecule has 1 aliphatic heterocycles. The molecule has 0 radical (unpaired) electrons. The van der Waals surface area contributed by atoms with Gasteiger partial charge in [0.05, 0.1) is 28.5 Å². The topological polar surface area (TPSA) is 92.3 Å². The van der Waals surface area contributed by atoms with Crippen LogP contribution in [0, 0.1) is 18.3 Å². The van der Waals surface area contributed by atoms with E-state index in [0.717, 1.165) is 6.42 Å². The third kappa shape index (κ3) is 3.66. The molecule has 2 aliphatic rings. The van der Waals surface area contributed by atoms with Gasteiger partial charge in [-0.25, -0.2) is 4.79 Å². The van der Waals surface area contributed by atoms with Crippen LogP contribution in [0.2, 0.25) is 0 Å². The molecule has 2 aromatic rings. The van der Waals surface area contributed by atoms with Crippen LogP contribution >= 0.6 is 0 Å². The number of halogens is 3. The summed E-state index contributed by atoms with van der Waals surface area (Å²) in [5.74, 6) is -1.97. The largest absolute Gasteiger partial charge is 0.461 e. The zero-order valence-corrected chi connectivity index (χ0v) is 17.3. The second-order valence-electron chi connectivity index (χ2n) is 7.90. The summed E-state index contributed by atoms with van der Waals surface area (Å²) in [5.41, 5.74) is -2.37. The van der Waals surface area contributed by atoms with Gasteiger partial charge in [-0.1, -0.05) is 12.1 Å². The average Bonchev–Trinajstić information content (AvgIpc) is 2.68. The summed E-state index contributed by atoms with van der Waals surface area (Å²) in [6.45, 7) is 2.87. The summed E-state index contributed by atoms with van der Waals surface area (Å²) in [4.78, 5) is 25.5. The number of benzene rings is 1.